The fraction of sp³-hybridized carbons (Fsp3) is 0.731. The van der Waals surface area contributed by atoms with Crippen LogP contribution in [-0.4, -0.2) is 96.4 Å². The molecule has 0 aliphatic carbocycles. The van der Waals surface area contributed by atoms with E-state index < -0.39 is 47.7 Å². The van der Waals surface area contributed by atoms with Crippen LogP contribution in [0.4, 0.5) is 0 Å². The summed E-state index contributed by atoms with van der Waals surface area (Å²) in [7, 11) is 0. The minimum Gasteiger partial charge on any atom is -0.480 e. The molecule has 12 nitrogen and oxygen atoms in total. The molecule has 0 aromatic rings. The van der Waals surface area contributed by atoms with Crippen molar-refractivity contribution in [3.05, 3.63) is 0 Å². The summed E-state index contributed by atoms with van der Waals surface area (Å²) in [5, 5.41) is 24.0. The minimum atomic E-state index is -1.19. The van der Waals surface area contributed by atoms with Gasteiger partial charge in [-0.05, 0) is 12.8 Å². The molecule has 0 spiro atoms. The van der Waals surface area contributed by atoms with E-state index in [1.807, 2.05) is 13.8 Å². The van der Waals surface area contributed by atoms with Gasteiger partial charge in [0, 0.05) is 13.1 Å². The predicted octanol–water partition coefficient (Wildman–Crippen LogP) is 0.637. The SMILES string of the molecule is C#CCOCCOCCC(=O)N1C[C@@H](C(=O)N[C@@H](CCCC)C(=O)O)[C@H](C(=O)N[C@@H](CCCC)C(=O)O)C1. The van der Waals surface area contributed by atoms with Gasteiger partial charge < -0.3 is 35.2 Å². The van der Waals surface area contributed by atoms with Gasteiger partial charge in [-0.15, -0.1) is 6.42 Å². The van der Waals surface area contributed by atoms with Crippen molar-refractivity contribution in [3.63, 3.8) is 0 Å². The Morgan fingerprint density at radius 2 is 1.34 bits per heavy atom. The first kappa shape index (κ1) is 32.9. The number of carbonyl (C=O) groups is 5. The third-order valence-electron chi connectivity index (χ3n) is 6.29. The molecule has 0 aromatic carbocycles. The predicted molar refractivity (Wildman–Crippen MR) is 137 cm³/mol. The standard InChI is InChI=1S/C26H41N3O9/c1-4-7-9-20(25(33)34)27-23(31)18-16-29(22(30)11-13-38-15-14-37-12-6-3)17-19(18)24(32)28-21(26(35)36)10-8-5-2/h3,18-21H,4-5,7-17H2,1-2H3,(H,27,31)(H,28,32)(H,33,34)(H,35,36)/t18-,19-,20+,21+/m1/s1. The van der Waals surface area contributed by atoms with E-state index in [1.165, 1.54) is 4.90 Å². The molecule has 4 atom stereocenters. The molecule has 0 unspecified atom stereocenters. The van der Waals surface area contributed by atoms with Gasteiger partial charge in [-0.25, -0.2) is 9.59 Å². The maximum absolute atomic E-state index is 13.1. The third-order valence-corrected chi connectivity index (χ3v) is 6.29. The summed E-state index contributed by atoms with van der Waals surface area (Å²) < 4.78 is 10.4. The van der Waals surface area contributed by atoms with Crippen molar-refractivity contribution in [1.82, 2.24) is 15.5 Å². The van der Waals surface area contributed by atoms with Crippen molar-refractivity contribution in [2.24, 2.45) is 11.8 Å². The number of hydrogen-bond donors (Lipinski definition) is 4. The number of rotatable bonds is 19. The molecule has 4 N–H and O–H groups in total. The van der Waals surface area contributed by atoms with E-state index in [0.29, 0.717) is 12.8 Å². The molecular weight excluding hydrogens is 498 g/mol. The number of carboxylic acid groups (broad SMARTS) is 2. The molecule has 3 amide bonds. The zero-order valence-corrected chi connectivity index (χ0v) is 22.3. The number of terminal acetylenes is 1. The first-order valence-electron chi connectivity index (χ1n) is 13.1. The molecule has 1 rings (SSSR count). The Bertz CT molecular complexity index is 794. The van der Waals surface area contributed by atoms with Gasteiger partial charge in [-0.1, -0.05) is 45.5 Å². The molecule has 12 heteroatoms. The molecule has 0 radical (unpaired) electrons. The smallest absolute Gasteiger partial charge is 0.326 e. The molecule has 0 bridgehead atoms. The fourth-order valence-corrected chi connectivity index (χ4v) is 4.10. The molecule has 214 valence electrons. The molecule has 1 aliphatic rings. The van der Waals surface area contributed by atoms with Crippen molar-refractivity contribution in [2.75, 3.05) is 39.5 Å². The Hall–Kier alpha value is -3.17. The number of nitrogens with one attached hydrogen (secondary N) is 2. The lowest BCUT2D eigenvalue weighted by Crippen LogP contribution is -2.49. The van der Waals surface area contributed by atoms with Gasteiger partial charge in [0.15, 0.2) is 0 Å². The molecule has 1 saturated heterocycles. The van der Waals surface area contributed by atoms with Gasteiger partial charge in [-0.3, -0.25) is 14.4 Å². The minimum absolute atomic E-state index is 0.000316. The van der Waals surface area contributed by atoms with Gasteiger partial charge in [0.25, 0.3) is 0 Å². The second kappa shape index (κ2) is 18.1. The maximum atomic E-state index is 13.1. The second-order valence-corrected chi connectivity index (χ2v) is 9.21. The van der Waals surface area contributed by atoms with Crippen LogP contribution in [0.15, 0.2) is 0 Å². The number of likely N-dealkylation sites (tertiary alicyclic amines) is 1. The van der Waals surface area contributed by atoms with E-state index in [4.69, 9.17) is 15.9 Å². The topological polar surface area (TPSA) is 172 Å². The Balaban J connectivity index is 2.92. The lowest BCUT2D eigenvalue weighted by molar-refractivity contribution is -0.144. The summed E-state index contributed by atoms with van der Waals surface area (Å²) in [5.74, 6) is -3.77. The molecule has 38 heavy (non-hydrogen) atoms. The van der Waals surface area contributed by atoms with Gasteiger partial charge in [0.05, 0.1) is 38.1 Å². The average molecular weight is 540 g/mol. The number of hydrogen-bond acceptors (Lipinski definition) is 7. The van der Waals surface area contributed by atoms with Crippen molar-refractivity contribution in [3.8, 4) is 12.3 Å². The highest BCUT2D eigenvalue weighted by Crippen LogP contribution is 2.26. The Morgan fingerprint density at radius 3 is 1.76 bits per heavy atom. The van der Waals surface area contributed by atoms with Crippen LogP contribution in [0.3, 0.4) is 0 Å². The number of carboxylic acids is 2. The highest BCUT2D eigenvalue weighted by Gasteiger charge is 2.44. The van der Waals surface area contributed by atoms with Gasteiger partial charge >= 0.3 is 11.9 Å². The van der Waals surface area contributed by atoms with E-state index in [0.717, 1.165) is 12.8 Å². The van der Waals surface area contributed by atoms with E-state index in [9.17, 15) is 34.2 Å². The van der Waals surface area contributed by atoms with Crippen LogP contribution in [0, 0.1) is 24.2 Å². The number of aliphatic carboxylic acids is 2. The van der Waals surface area contributed by atoms with Crippen molar-refractivity contribution in [2.45, 2.75) is 70.9 Å². The number of unbranched alkanes of at least 4 members (excludes halogenated alkanes) is 2. The fourth-order valence-electron chi connectivity index (χ4n) is 4.10. The summed E-state index contributed by atoms with van der Waals surface area (Å²) in [6.45, 7) is 4.37. The van der Waals surface area contributed by atoms with Crippen LogP contribution in [0.1, 0.15) is 58.8 Å². The van der Waals surface area contributed by atoms with Crippen molar-refractivity contribution >= 4 is 29.7 Å². The van der Waals surface area contributed by atoms with E-state index in [-0.39, 0.29) is 64.7 Å². The largest absolute Gasteiger partial charge is 0.480 e. The molecule has 0 aromatic heterocycles. The van der Waals surface area contributed by atoms with Crippen LogP contribution in [-0.2, 0) is 33.4 Å². The summed E-state index contributed by atoms with van der Waals surface area (Å²) in [6, 6.07) is -2.25. The second-order valence-electron chi connectivity index (χ2n) is 9.21. The average Bonchev–Trinajstić information content (AvgIpc) is 3.34. The Kier molecular flexibility index (Phi) is 15.7. The highest BCUT2D eigenvalue weighted by molar-refractivity contribution is 5.93. The van der Waals surface area contributed by atoms with E-state index in [2.05, 4.69) is 16.6 Å². The summed E-state index contributed by atoms with van der Waals surface area (Å²) in [6.07, 6.45) is 8.19. The summed E-state index contributed by atoms with van der Waals surface area (Å²) >= 11 is 0. The monoisotopic (exact) mass is 539 g/mol. The third kappa shape index (κ3) is 11.5. The number of ether oxygens (including phenoxy) is 2. The van der Waals surface area contributed by atoms with E-state index in [1.54, 1.807) is 0 Å². The maximum Gasteiger partial charge on any atom is 0.326 e. The number of amides is 3. The lowest BCUT2D eigenvalue weighted by atomic mass is 9.93. The molecule has 0 saturated carbocycles. The normalized spacial score (nSPS) is 18.3. The zero-order valence-electron chi connectivity index (χ0n) is 22.3. The van der Waals surface area contributed by atoms with Crippen LogP contribution >= 0.6 is 0 Å². The molecule has 1 aliphatic heterocycles. The van der Waals surface area contributed by atoms with Crippen molar-refractivity contribution in [1.29, 1.82) is 0 Å². The molecule has 1 fully saturated rings. The number of carbonyl (C=O) groups excluding carboxylic acids is 3. The first-order chi connectivity index (χ1) is 18.2. The first-order valence-corrected chi connectivity index (χ1v) is 13.1. The zero-order chi connectivity index (χ0) is 28.5. The van der Waals surface area contributed by atoms with Crippen LogP contribution < -0.4 is 10.6 Å². The summed E-state index contributed by atoms with van der Waals surface area (Å²) in [5.41, 5.74) is 0. The van der Waals surface area contributed by atoms with Gasteiger partial charge in [0.1, 0.15) is 18.7 Å². The van der Waals surface area contributed by atoms with Gasteiger partial charge in [-0.2, -0.15) is 0 Å². The van der Waals surface area contributed by atoms with Gasteiger partial charge in [0.2, 0.25) is 17.7 Å². The van der Waals surface area contributed by atoms with Crippen molar-refractivity contribution < 1.29 is 43.7 Å². The Morgan fingerprint density at radius 1 is 0.868 bits per heavy atom. The van der Waals surface area contributed by atoms with E-state index >= 15 is 0 Å². The quantitative estimate of drug-likeness (QED) is 0.136. The molecular formula is C26H41N3O9. The number of nitrogens with zero attached hydrogens (tertiary/aromatic N) is 1. The Labute approximate surface area is 223 Å². The highest BCUT2D eigenvalue weighted by atomic mass is 16.5. The van der Waals surface area contributed by atoms with Crippen LogP contribution in [0.5, 0.6) is 0 Å². The summed E-state index contributed by atoms with van der Waals surface area (Å²) in [4.78, 5) is 63.7. The van der Waals surface area contributed by atoms with Crippen LogP contribution in [0.25, 0.3) is 0 Å². The lowest BCUT2D eigenvalue weighted by Gasteiger charge is -2.22. The molecule has 1 heterocycles. The van der Waals surface area contributed by atoms with Crippen LogP contribution in [0.2, 0.25) is 0 Å².